The van der Waals surface area contributed by atoms with Crippen LogP contribution in [0.1, 0.15) is 19.4 Å². The Morgan fingerprint density at radius 2 is 1.92 bits per heavy atom. The van der Waals surface area contributed by atoms with E-state index < -0.39 is 6.10 Å². The summed E-state index contributed by atoms with van der Waals surface area (Å²) in [7, 11) is 0. The van der Waals surface area contributed by atoms with Crippen molar-refractivity contribution in [2.75, 3.05) is 17.2 Å². The maximum absolute atomic E-state index is 13.1. The zero-order valence-electron chi connectivity index (χ0n) is 13.8. The lowest BCUT2D eigenvalue weighted by Gasteiger charge is -2.35. The SMILES string of the molecule is CC(C)CN1C(=O)C(Cc2ccc(F)cc2)Oc2ccc(N)cc21. The Hall–Kier alpha value is -2.56. The van der Waals surface area contributed by atoms with E-state index >= 15 is 0 Å². The van der Waals surface area contributed by atoms with Crippen LogP contribution in [-0.4, -0.2) is 18.6 Å². The molecule has 3 rings (SSSR count). The van der Waals surface area contributed by atoms with Crippen LogP contribution in [0.15, 0.2) is 42.5 Å². The van der Waals surface area contributed by atoms with Gasteiger partial charge in [-0.3, -0.25) is 4.79 Å². The van der Waals surface area contributed by atoms with Crippen molar-refractivity contribution in [2.45, 2.75) is 26.4 Å². The molecular formula is C19H21FN2O2. The fourth-order valence-corrected chi connectivity index (χ4v) is 2.86. The average Bonchev–Trinajstić information content (AvgIpc) is 2.54. The first-order valence-corrected chi connectivity index (χ1v) is 8.06. The summed E-state index contributed by atoms with van der Waals surface area (Å²) in [6.45, 7) is 4.71. The third-order valence-corrected chi connectivity index (χ3v) is 3.97. The highest BCUT2D eigenvalue weighted by atomic mass is 19.1. The monoisotopic (exact) mass is 328 g/mol. The van der Waals surface area contributed by atoms with Crippen LogP contribution in [0.3, 0.4) is 0 Å². The molecule has 2 aromatic rings. The predicted octanol–water partition coefficient (Wildman–Crippen LogP) is 3.40. The van der Waals surface area contributed by atoms with E-state index in [1.54, 1.807) is 35.2 Å². The van der Waals surface area contributed by atoms with Gasteiger partial charge in [0.05, 0.1) is 5.69 Å². The zero-order chi connectivity index (χ0) is 17.3. The number of fused-ring (bicyclic) bond motifs is 1. The fourth-order valence-electron chi connectivity index (χ4n) is 2.86. The smallest absolute Gasteiger partial charge is 0.268 e. The molecule has 0 spiro atoms. The van der Waals surface area contributed by atoms with E-state index in [9.17, 15) is 9.18 Å². The van der Waals surface area contributed by atoms with Crippen molar-refractivity contribution < 1.29 is 13.9 Å². The van der Waals surface area contributed by atoms with Crippen molar-refractivity contribution in [3.05, 3.63) is 53.8 Å². The number of nitrogens with zero attached hydrogens (tertiary/aromatic N) is 1. The lowest BCUT2D eigenvalue weighted by atomic mass is 10.0. The number of halogens is 1. The average molecular weight is 328 g/mol. The van der Waals surface area contributed by atoms with E-state index in [1.165, 1.54) is 12.1 Å². The number of carbonyl (C=O) groups excluding carboxylic acids is 1. The molecule has 0 aliphatic carbocycles. The van der Waals surface area contributed by atoms with Crippen molar-refractivity contribution in [1.82, 2.24) is 0 Å². The standard InChI is InChI=1S/C19H21FN2O2/c1-12(2)11-22-16-10-15(21)7-8-17(16)24-18(19(22)23)9-13-3-5-14(20)6-4-13/h3-8,10,12,18H,9,11,21H2,1-2H3. The Labute approximate surface area is 141 Å². The molecule has 1 aliphatic heterocycles. The molecule has 0 saturated carbocycles. The molecular weight excluding hydrogens is 307 g/mol. The summed E-state index contributed by atoms with van der Waals surface area (Å²) in [5, 5.41) is 0. The van der Waals surface area contributed by atoms with E-state index in [2.05, 4.69) is 13.8 Å². The van der Waals surface area contributed by atoms with Gasteiger partial charge in [-0.05, 0) is 41.8 Å². The number of nitrogens with two attached hydrogens (primary N) is 1. The first-order valence-electron chi connectivity index (χ1n) is 8.06. The maximum Gasteiger partial charge on any atom is 0.268 e. The highest BCUT2D eigenvalue weighted by Gasteiger charge is 2.34. The van der Waals surface area contributed by atoms with Gasteiger partial charge in [0.15, 0.2) is 6.10 Å². The number of rotatable bonds is 4. The Balaban J connectivity index is 1.90. The van der Waals surface area contributed by atoms with Gasteiger partial charge in [-0.1, -0.05) is 26.0 Å². The lowest BCUT2D eigenvalue weighted by Crippen LogP contribution is -2.48. The van der Waals surface area contributed by atoms with Gasteiger partial charge < -0.3 is 15.4 Å². The number of benzene rings is 2. The van der Waals surface area contributed by atoms with Crippen molar-refractivity contribution in [3.8, 4) is 5.75 Å². The summed E-state index contributed by atoms with van der Waals surface area (Å²) in [6, 6.07) is 11.5. The number of hydrogen-bond donors (Lipinski definition) is 1. The van der Waals surface area contributed by atoms with Crippen molar-refractivity contribution >= 4 is 17.3 Å². The molecule has 0 aromatic heterocycles. The van der Waals surface area contributed by atoms with Gasteiger partial charge in [0.2, 0.25) is 0 Å². The molecule has 0 radical (unpaired) electrons. The van der Waals surface area contributed by atoms with Gasteiger partial charge in [0.1, 0.15) is 11.6 Å². The molecule has 1 amide bonds. The van der Waals surface area contributed by atoms with E-state index in [1.807, 2.05) is 0 Å². The Kier molecular flexibility index (Phi) is 4.42. The topological polar surface area (TPSA) is 55.6 Å². The van der Waals surface area contributed by atoms with Gasteiger partial charge in [-0.2, -0.15) is 0 Å². The zero-order valence-corrected chi connectivity index (χ0v) is 13.8. The molecule has 1 heterocycles. The molecule has 1 atom stereocenters. The molecule has 0 bridgehead atoms. The van der Waals surface area contributed by atoms with E-state index in [0.29, 0.717) is 36.0 Å². The third-order valence-electron chi connectivity index (χ3n) is 3.97. The maximum atomic E-state index is 13.1. The minimum absolute atomic E-state index is 0.0916. The third kappa shape index (κ3) is 3.35. The van der Waals surface area contributed by atoms with Gasteiger partial charge in [-0.25, -0.2) is 4.39 Å². The molecule has 0 saturated heterocycles. The number of hydrogen-bond acceptors (Lipinski definition) is 3. The van der Waals surface area contributed by atoms with E-state index in [-0.39, 0.29) is 11.7 Å². The van der Waals surface area contributed by atoms with Crippen molar-refractivity contribution in [3.63, 3.8) is 0 Å². The van der Waals surface area contributed by atoms with Gasteiger partial charge in [0.25, 0.3) is 5.91 Å². The molecule has 5 heteroatoms. The lowest BCUT2D eigenvalue weighted by molar-refractivity contribution is -0.126. The van der Waals surface area contributed by atoms with Crippen molar-refractivity contribution in [1.29, 1.82) is 0 Å². The number of amides is 1. The molecule has 0 fully saturated rings. The summed E-state index contributed by atoms with van der Waals surface area (Å²) in [5.74, 6) is 0.576. The van der Waals surface area contributed by atoms with E-state index in [0.717, 1.165) is 5.56 Å². The fraction of sp³-hybridized carbons (Fsp3) is 0.316. The molecule has 1 aliphatic rings. The normalized spacial score (nSPS) is 16.9. The van der Waals surface area contributed by atoms with Crippen LogP contribution in [0.4, 0.5) is 15.8 Å². The summed E-state index contributed by atoms with van der Waals surface area (Å²) in [4.78, 5) is 14.6. The Morgan fingerprint density at radius 3 is 2.58 bits per heavy atom. The van der Waals surface area contributed by atoms with Gasteiger partial charge in [0, 0.05) is 18.7 Å². The Morgan fingerprint density at radius 1 is 1.21 bits per heavy atom. The minimum atomic E-state index is -0.620. The minimum Gasteiger partial charge on any atom is -0.478 e. The molecule has 4 nitrogen and oxygen atoms in total. The largest absolute Gasteiger partial charge is 0.478 e. The second-order valence-corrected chi connectivity index (χ2v) is 6.51. The quantitative estimate of drug-likeness (QED) is 0.875. The van der Waals surface area contributed by atoms with Crippen LogP contribution in [0, 0.1) is 11.7 Å². The predicted molar refractivity (Wildman–Crippen MR) is 92.6 cm³/mol. The first-order chi connectivity index (χ1) is 11.4. The summed E-state index contributed by atoms with van der Waals surface area (Å²) >= 11 is 0. The second kappa shape index (κ2) is 6.51. The molecule has 1 unspecified atom stereocenters. The number of ether oxygens (including phenoxy) is 1. The number of anilines is 2. The highest BCUT2D eigenvalue weighted by Crippen LogP contribution is 2.36. The highest BCUT2D eigenvalue weighted by molar-refractivity contribution is 6.00. The number of carbonyl (C=O) groups is 1. The first kappa shape index (κ1) is 16.3. The van der Waals surface area contributed by atoms with Crippen LogP contribution in [0.25, 0.3) is 0 Å². The Bertz CT molecular complexity index is 744. The molecule has 126 valence electrons. The van der Waals surface area contributed by atoms with Gasteiger partial charge in [-0.15, -0.1) is 0 Å². The number of nitrogen functional groups attached to an aromatic ring is 1. The van der Waals surface area contributed by atoms with Crippen LogP contribution < -0.4 is 15.4 Å². The van der Waals surface area contributed by atoms with E-state index in [4.69, 9.17) is 10.5 Å². The second-order valence-electron chi connectivity index (χ2n) is 6.51. The molecule has 2 N–H and O–H groups in total. The summed E-state index contributed by atoms with van der Waals surface area (Å²) in [6.07, 6.45) is -0.220. The van der Waals surface area contributed by atoms with Crippen LogP contribution in [0.5, 0.6) is 5.75 Å². The summed E-state index contributed by atoms with van der Waals surface area (Å²) in [5.41, 5.74) is 8.03. The van der Waals surface area contributed by atoms with Gasteiger partial charge >= 0.3 is 0 Å². The van der Waals surface area contributed by atoms with Crippen LogP contribution >= 0.6 is 0 Å². The van der Waals surface area contributed by atoms with Crippen LogP contribution in [0.2, 0.25) is 0 Å². The van der Waals surface area contributed by atoms with Crippen molar-refractivity contribution in [2.24, 2.45) is 5.92 Å². The molecule has 2 aromatic carbocycles. The molecule has 24 heavy (non-hydrogen) atoms. The summed E-state index contributed by atoms with van der Waals surface area (Å²) < 4.78 is 19.0. The van der Waals surface area contributed by atoms with Crippen LogP contribution in [-0.2, 0) is 11.2 Å².